The second-order valence-electron chi connectivity index (χ2n) is 5.98. The lowest BCUT2D eigenvalue weighted by atomic mass is 10.1. The lowest BCUT2D eigenvalue weighted by molar-refractivity contribution is -0.122. The van der Waals surface area contributed by atoms with E-state index in [9.17, 15) is 4.79 Å². The molecule has 0 radical (unpaired) electrons. The second kappa shape index (κ2) is 7.18. The highest BCUT2D eigenvalue weighted by molar-refractivity contribution is 5.80. The van der Waals surface area contributed by atoms with Crippen LogP contribution in [0.2, 0.25) is 0 Å². The van der Waals surface area contributed by atoms with Gasteiger partial charge < -0.3 is 9.88 Å². The molecule has 1 N–H and O–H groups in total. The molecule has 0 aliphatic carbocycles. The lowest BCUT2D eigenvalue weighted by Gasteiger charge is -2.19. The Balaban J connectivity index is 1.52. The summed E-state index contributed by atoms with van der Waals surface area (Å²) in [7, 11) is 0. The molecule has 1 unspecified atom stereocenters. The van der Waals surface area contributed by atoms with Crippen molar-refractivity contribution in [1.29, 1.82) is 0 Å². The van der Waals surface area contributed by atoms with Crippen molar-refractivity contribution < 1.29 is 4.79 Å². The first-order valence-corrected chi connectivity index (χ1v) is 8.38. The Hall–Kier alpha value is -3.48. The molecule has 2 heterocycles. The van der Waals surface area contributed by atoms with Crippen LogP contribution < -0.4 is 5.32 Å². The van der Waals surface area contributed by atoms with E-state index >= 15 is 0 Å². The van der Waals surface area contributed by atoms with Gasteiger partial charge in [0.05, 0.1) is 42.3 Å². The van der Waals surface area contributed by atoms with E-state index in [1.807, 2.05) is 59.2 Å². The third-order valence-corrected chi connectivity index (χ3v) is 4.19. The molecule has 4 rings (SSSR count). The second-order valence-corrected chi connectivity index (χ2v) is 5.98. The summed E-state index contributed by atoms with van der Waals surface area (Å²) in [5.41, 5.74) is 2.82. The van der Waals surface area contributed by atoms with Gasteiger partial charge in [-0.25, -0.2) is 4.98 Å². The number of aromatic nitrogens is 5. The Labute approximate surface area is 150 Å². The fourth-order valence-corrected chi connectivity index (χ4v) is 2.95. The number of nitrogens with zero attached hydrogens (tertiary/aromatic N) is 5. The summed E-state index contributed by atoms with van der Waals surface area (Å²) in [6, 6.07) is 17.4. The average Bonchev–Trinajstić information content (AvgIpc) is 3.32. The van der Waals surface area contributed by atoms with E-state index in [-0.39, 0.29) is 18.5 Å². The zero-order chi connectivity index (χ0) is 17.8. The van der Waals surface area contributed by atoms with Gasteiger partial charge in [0.1, 0.15) is 6.54 Å². The van der Waals surface area contributed by atoms with Crippen molar-refractivity contribution >= 4 is 16.9 Å². The van der Waals surface area contributed by atoms with Crippen molar-refractivity contribution in [3.63, 3.8) is 0 Å². The largest absolute Gasteiger partial charge is 0.346 e. The molecule has 0 saturated carbocycles. The number of benzene rings is 2. The van der Waals surface area contributed by atoms with Crippen molar-refractivity contribution in [2.75, 3.05) is 0 Å². The van der Waals surface area contributed by atoms with Crippen LogP contribution in [0, 0.1) is 0 Å². The van der Waals surface area contributed by atoms with Crippen LogP contribution in [0.3, 0.4) is 0 Å². The monoisotopic (exact) mass is 346 g/mol. The van der Waals surface area contributed by atoms with Gasteiger partial charge in [-0.2, -0.15) is 15.0 Å². The zero-order valence-electron chi connectivity index (χ0n) is 14.1. The first kappa shape index (κ1) is 16.0. The van der Waals surface area contributed by atoms with E-state index in [2.05, 4.69) is 20.5 Å². The first-order chi connectivity index (χ1) is 12.8. The quantitative estimate of drug-likeness (QED) is 0.580. The zero-order valence-corrected chi connectivity index (χ0v) is 14.1. The highest BCUT2D eigenvalue weighted by Crippen LogP contribution is 2.15. The molecule has 7 heteroatoms. The van der Waals surface area contributed by atoms with E-state index in [0.29, 0.717) is 6.54 Å². The molecule has 0 aliphatic heterocycles. The number of imidazole rings is 1. The van der Waals surface area contributed by atoms with Crippen LogP contribution in [0.25, 0.3) is 11.0 Å². The molecule has 4 aromatic rings. The van der Waals surface area contributed by atoms with Crippen molar-refractivity contribution in [1.82, 2.24) is 29.9 Å². The molecule has 26 heavy (non-hydrogen) atoms. The minimum Gasteiger partial charge on any atom is -0.346 e. The maximum Gasteiger partial charge on any atom is 0.240 e. The number of nitrogens with one attached hydrogen (secondary N) is 1. The number of amides is 1. The molecule has 0 fully saturated rings. The maximum absolute atomic E-state index is 12.7. The summed E-state index contributed by atoms with van der Waals surface area (Å²) >= 11 is 0. The highest BCUT2D eigenvalue weighted by atomic mass is 16.2. The van der Waals surface area contributed by atoms with Crippen molar-refractivity contribution in [2.45, 2.75) is 19.1 Å². The fraction of sp³-hybridized carbons (Fsp3) is 0.158. The van der Waals surface area contributed by atoms with E-state index in [4.69, 9.17) is 0 Å². The van der Waals surface area contributed by atoms with Gasteiger partial charge >= 0.3 is 0 Å². The summed E-state index contributed by atoms with van der Waals surface area (Å²) in [5, 5.41) is 11.4. The summed E-state index contributed by atoms with van der Waals surface area (Å²) in [5.74, 6) is -0.0887. The van der Waals surface area contributed by atoms with Gasteiger partial charge in [0.15, 0.2) is 0 Å². The van der Waals surface area contributed by atoms with E-state index in [1.165, 1.54) is 0 Å². The smallest absolute Gasteiger partial charge is 0.240 e. The van der Waals surface area contributed by atoms with Crippen LogP contribution in [0.1, 0.15) is 11.6 Å². The van der Waals surface area contributed by atoms with Crippen LogP contribution in [0.4, 0.5) is 0 Å². The van der Waals surface area contributed by atoms with Gasteiger partial charge in [0.25, 0.3) is 0 Å². The molecule has 1 atom stereocenters. The SMILES string of the molecule is O=C(Cn1cnc2ccccc21)NC(Cn1nccn1)c1ccccc1. The number of hydrogen-bond donors (Lipinski definition) is 1. The Kier molecular flexibility index (Phi) is 4.42. The van der Waals surface area contributed by atoms with Gasteiger partial charge in [-0.15, -0.1) is 0 Å². The lowest BCUT2D eigenvalue weighted by Crippen LogP contribution is -2.34. The highest BCUT2D eigenvalue weighted by Gasteiger charge is 2.17. The summed E-state index contributed by atoms with van der Waals surface area (Å²) < 4.78 is 1.85. The molecule has 0 bridgehead atoms. The first-order valence-electron chi connectivity index (χ1n) is 8.38. The minimum atomic E-state index is -0.217. The Morgan fingerprint density at radius 2 is 1.73 bits per heavy atom. The molecule has 0 saturated heterocycles. The molecule has 7 nitrogen and oxygen atoms in total. The number of carbonyl (C=O) groups excluding carboxylic acids is 1. The number of fused-ring (bicyclic) bond motifs is 1. The number of para-hydroxylation sites is 2. The molecule has 1 amide bonds. The maximum atomic E-state index is 12.7. The Morgan fingerprint density at radius 1 is 1.00 bits per heavy atom. The van der Waals surface area contributed by atoms with Gasteiger partial charge in [0, 0.05) is 0 Å². The number of hydrogen-bond acceptors (Lipinski definition) is 4. The Morgan fingerprint density at radius 3 is 2.54 bits per heavy atom. The molecule has 0 aliphatic rings. The summed E-state index contributed by atoms with van der Waals surface area (Å²) in [4.78, 5) is 18.6. The van der Waals surface area contributed by atoms with Crippen molar-refractivity contribution in [2.24, 2.45) is 0 Å². The van der Waals surface area contributed by atoms with Gasteiger partial charge in [-0.05, 0) is 17.7 Å². The van der Waals surface area contributed by atoms with Gasteiger partial charge in [0.2, 0.25) is 5.91 Å². The van der Waals surface area contributed by atoms with Crippen molar-refractivity contribution in [3.8, 4) is 0 Å². The Bertz CT molecular complexity index is 993. The minimum absolute atomic E-state index is 0.0887. The fourth-order valence-electron chi connectivity index (χ4n) is 2.95. The predicted molar refractivity (Wildman–Crippen MR) is 97.1 cm³/mol. The topological polar surface area (TPSA) is 77.6 Å². The average molecular weight is 346 g/mol. The molecular weight excluding hydrogens is 328 g/mol. The van der Waals surface area contributed by atoms with Crippen LogP contribution in [0.15, 0.2) is 73.3 Å². The summed E-state index contributed by atoms with van der Waals surface area (Å²) in [6.07, 6.45) is 4.94. The van der Waals surface area contributed by atoms with Crippen LogP contribution in [0.5, 0.6) is 0 Å². The third kappa shape index (κ3) is 3.46. The number of rotatable bonds is 6. The number of carbonyl (C=O) groups is 1. The van der Waals surface area contributed by atoms with E-state index < -0.39 is 0 Å². The third-order valence-electron chi connectivity index (χ3n) is 4.19. The van der Waals surface area contributed by atoms with Crippen molar-refractivity contribution in [3.05, 3.63) is 78.9 Å². The standard InChI is InChI=1S/C19H18N6O/c26-19(13-24-14-20-16-8-4-5-9-18(16)24)23-17(12-25-21-10-11-22-25)15-6-2-1-3-7-15/h1-11,14,17H,12-13H2,(H,23,26). The van der Waals surface area contributed by atoms with E-state index in [1.54, 1.807) is 23.5 Å². The predicted octanol–water partition coefficient (Wildman–Crippen LogP) is 2.19. The molecule has 130 valence electrons. The summed E-state index contributed by atoms with van der Waals surface area (Å²) in [6.45, 7) is 0.670. The van der Waals surface area contributed by atoms with Gasteiger partial charge in [-0.1, -0.05) is 42.5 Å². The normalized spacial score (nSPS) is 12.2. The van der Waals surface area contributed by atoms with Crippen LogP contribution in [-0.4, -0.2) is 30.5 Å². The van der Waals surface area contributed by atoms with Crippen LogP contribution in [-0.2, 0) is 17.9 Å². The molecule has 0 spiro atoms. The molecule has 2 aromatic carbocycles. The van der Waals surface area contributed by atoms with Crippen LogP contribution >= 0.6 is 0 Å². The molecular formula is C19H18N6O. The molecule has 2 aromatic heterocycles. The van der Waals surface area contributed by atoms with E-state index in [0.717, 1.165) is 16.6 Å². The van der Waals surface area contributed by atoms with Gasteiger partial charge in [-0.3, -0.25) is 4.79 Å².